The number of hydrogen-bond acceptors (Lipinski definition) is 0. The summed E-state index contributed by atoms with van der Waals surface area (Å²) in [5.74, 6) is 1.17. The SMILES string of the molecule is CC1CCC(c2ccc(CCc3cc[c-]c(F)c3Cl)cc2)CC1.[Rb+]. The van der Waals surface area contributed by atoms with Crippen molar-refractivity contribution >= 4 is 11.6 Å². The van der Waals surface area contributed by atoms with E-state index in [1.165, 1.54) is 36.8 Å². The van der Waals surface area contributed by atoms with E-state index in [2.05, 4.69) is 37.3 Å². The van der Waals surface area contributed by atoms with Gasteiger partial charge in [0.25, 0.3) is 0 Å². The smallest absolute Gasteiger partial charge is 0.235 e. The zero-order valence-electron chi connectivity index (χ0n) is 14.6. The van der Waals surface area contributed by atoms with Gasteiger partial charge in [0.1, 0.15) is 0 Å². The summed E-state index contributed by atoms with van der Waals surface area (Å²) >= 11 is 5.99. The van der Waals surface area contributed by atoms with Gasteiger partial charge in [-0.25, -0.2) is 4.39 Å². The third kappa shape index (κ3) is 5.48. The van der Waals surface area contributed by atoms with Crippen LogP contribution in [0.3, 0.4) is 0 Å². The van der Waals surface area contributed by atoms with E-state index in [1.54, 1.807) is 6.07 Å². The van der Waals surface area contributed by atoms with Crippen molar-refractivity contribution in [2.45, 2.75) is 51.4 Å². The average molecular weight is 415 g/mol. The largest absolute Gasteiger partial charge is 1.00 e. The third-order valence-corrected chi connectivity index (χ3v) is 5.53. The Kier molecular flexibility index (Phi) is 8.63. The second-order valence-electron chi connectivity index (χ2n) is 6.83. The molecule has 0 nitrogen and oxygen atoms in total. The van der Waals surface area contributed by atoms with Crippen molar-refractivity contribution in [1.29, 1.82) is 0 Å². The first-order chi connectivity index (χ1) is 11.1. The molecule has 122 valence electrons. The molecule has 0 aliphatic heterocycles. The van der Waals surface area contributed by atoms with Crippen molar-refractivity contribution < 1.29 is 62.6 Å². The van der Waals surface area contributed by atoms with E-state index < -0.39 is 5.82 Å². The molecule has 0 atom stereocenters. The Labute approximate surface area is 199 Å². The average Bonchev–Trinajstić information content (AvgIpc) is 2.57. The molecule has 24 heavy (non-hydrogen) atoms. The molecule has 2 aromatic rings. The Bertz CT molecular complexity index is 645. The summed E-state index contributed by atoms with van der Waals surface area (Å²) in [6, 6.07) is 14.9. The molecule has 0 aromatic heterocycles. The van der Waals surface area contributed by atoms with Crippen molar-refractivity contribution in [2.75, 3.05) is 0 Å². The molecule has 3 heteroatoms. The van der Waals surface area contributed by atoms with Crippen LogP contribution in [0.1, 0.15) is 55.2 Å². The number of hydrogen-bond donors (Lipinski definition) is 0. The Morgan fingerprint density at radius 2 is 1.71 bits per heavy atom. The van der Waals surface area contributed by atoms with Crippen LogP contribution in [0.15, 0.2) is 36.4 Å². The number of benzene rings is 2. The Balaban J connectivity index is 0.00000208. The molecule has 0 N–H and O–H groups in total. The van der Waals surface area contributed by atoms with Crippen LogP contribution in [0.25, 0.3) is 0 Å². The maximum atomic E-state index is 13.4. The molecule has 1 saturated carbocycles. The van der Waals surface area contributed by atoms with Crippen LogP contribution < -0.4 is 58.2 Å². The van der Waals surface area contributed by atoms with Crippen LogP contribution in [0, 0.1) is 17.8 Å². The molecule has 0 saturated heterocycles. The zero-order chi connectivity index (χ0) is 16.2. The van der Waals surface area contributed by atoms with Crippen LogP contribution in [-0.2, 0) is 12.8 Å². The second kappa shape index (κ2) is 9.97. The summed E-state index contributed by atoms with van der Waals surface area (Å²) in [6.45, 7) is 2.36. The first-order valence-electron chi connectivity index (χ1n) is 8.57. The van der Waals surface area contributed by atoms with E-state index in [1.807, 2.05) is 6.07 Å². The maximum Gasteiger partial charge on any atom is 1.00 e. The number of rotatable bonds is 4. The Morgan fingerprint density at radius 1 is 1.04 bits per heavy atom. The molecule has 0 spiro atoms. The predicted molar refractivity (Wildman–Crippen MR) is 94.5 cm³/mol. The molecular weight excluding hydrogens is 392 g/mol. The first kappa shape index (κ1) is 20.8. The molecule has 2 aromatic carbocycles. The monoisotopic (exact) mass is 414 g/mol. The minimum atomic E-state index is -0.453. The van der Waals surface area contributed by atoms with Crippen molar-refractivity contribution in [1.82, 2.24) is 0 Å². The molecule has 1 aliphatic rings. The van der Waals surface area contributed by atoms with Gasteiger partial charge in [-0.15, -0.1) is 11.6 Å². The normalized spacial score (nSPS) is 20.5. The molecule has 3 rings (SSSR count). The summed E-state index contributed by atoms with van der Waals surface area (Å²) < 4.78 is 13.4. The number of aryl methyl sites for hydroxylation is 2. The first-order valence-corrected chi connectivity index (χ1v) is 8.94. The molecular formula is C21H23ClFRb. The molecule has 0 heterocycles. The topological polar surface area (TPSA) is 0 Å². The van der Waals surface area contributed by atoms with Crippen LogP contribution >= 0.6 is 11.6 Å². The number of halogens is 2. The van der Waals surface area contributed by atoms with Gasteiger partial charge in [0.15, 0.2) is 0 Å². The summed E-state index contributed by atoms with van der Waals surface area (Å²) in [5, 5.41) is 0.209. The maximum absolute atomic E-state index is 13.4. The Morgan fingerprint density at radius 3 is 2.38 bits per heavy atom. The molecule has 1 fully saturated rings. The van der Waals surface area contributed by atoms with E-state index in [-0.39, 0.29) is 63.2 Å². The van der Waals surface area contributed by atoms with Crippen LogP contribution in [0.2, 0.25) is 5.02 Å². The molecule has 0 amide bonds. The summed E-state index contributed by atoms with van der Waals surface area (Å²) in [5.41, 5.74) is 3.61. The molecule has 0 unspecified atom stereocenters. The van der Waals surface area contributed by atoms with E-state index in [0.717, 1.165) is 30.2 Å². The van der Waals surface area contributed by atoms with Crippen LogP contribution in [0.4, 0.5) is 4.39 Å². The predicted octanol–water partition coefficient (Wildman–Crippen LogP) is 3.36. The van der Waals surface area contributed by atoms with Gasteiger partial charge in [0, 0.05) is 5.82 Å². The Hall–Kier alpha value is 0.465. The minimum absolute atomic E-state index is 0. The van der Waals surface area contributed by atoms with Gasteiger partial charge in [0.05, 0.1) is 0 Å². The zero-order valence-corrected chi connectivity index (χ0v) is 20.3. The van der Waals surface area contributed by atoms with Gasteiger partial charge < -0.3 is 0 Å². The van der Waals surface area contributed by atoms with Crippen LogP contribution in [-0.4, -0.2) is 0 Å². The van der Waals surface area contributed by atoms with E-state index >= 15 is 0 Å². The van der Waals surface area contributed by atoms with Gasteiger partial charge in [0.2, 0.25) is 0 Å². The molecule has 0 radical (unpaired) electrons. The summed E-state index contributed by atoms with van der Waals surface area (Å²) in [7, 11) is 0. The fourth-order valence-corrected chi connectivity index (χ4v) is 3.73. The summed E-state index contributed by atoms with van der Waals surface area (Å²) in [6.07, 6.45) is 6.96. The quantitative estimate of drug-likeness (QED) is 0.672. The third-order valence-electron chi connectivity index (χ3n) is 5.12. The van der Waals surface area contributed by atoms with Crippen molar-refractivity contribution in [3.05, 3.63) is 70.0 Å². The van der Waals surface area contributed by atoms with E-state index in [0.29, 0.717) is 0 Å². The van der Waals surface area contributed by atoms with Gasteiger partial charge in [-0.3, -0.25) is 0 Å². The fraction of sp³-hybridized carbons (Fsp3) is 0.429. The fourth-order valence-electron chi connectivity index (χ4n) is 3.51. The van der Waals surface area contributed by atoms with Gasteiger partial charge in [-0.2, -0.15) is 23.7 Å². The van der Waals surface area contributed by atoms with E-state index in [9.17, 15) is 4.39 Å². The standard InChI is InChI=1S/C21H23ClF.Rb/c1-15-5-10-17(11-6-15)18-12-7-16(8-13-18)9-14-19-3-2-4-20(23)21(19)22;/h2-3,7-8,12-13,15,17H,5-6,9-11,14H2,1H3;/q-1;+1. The van der Waals surface area contributed by atoms with Crippen LogP contribution in [0.5, 0.6) is 0 Å². The second-order valence-corrected chi connectivity index (χ2v) is 7.21. The van der Waals surface area contributed by atoms with Crippen molar-refractivity contribution in [2.24, 2.45) is 5.92 Å². The van der Waals surface area contributed by atoms with Crippen molar-refractivity contribution in [3.63, 3.8) is 0 Å². The molecule has 0 bridgehead atoms. The van der Waals surface area contributed by atoms with E-state index in [4.69, 9.17) is 11.6 Å². The summed E-state index contributed by atoms with van der Waals surface area (Å²) in [4.78, 5) is 0. The van der Waals surface area contributed by atoms with Gasteiger partial charge in [-0.1, -0.05) is 44.0 Å². The van der Waals surface area contributed by atoms with Crippen molar-refractivity contribution in [3.8, 4) is 0 Å². The van der Waals surface area contributed by atoms with Gasteiger partial charge >= 0.3 is 58.2 Å². The molecule has 1 aliphatic carbocycles. The minimum Gasteiger partial charge on any atom is -0.235 e. The van der Waals surface area contributed by atoms with Gasteiger partial charge in [-0.05, 0) is 53.7 Å².